The van der Waals surface area contributed by atoms with Crippen LogP contribution in [0, 0.1) is 52.8 Å². The molecule has 3 N–H and O–H groups in total. The number of fused-ring (bicyclic) bond motifs is 3. The predicted octanol–water partition coefficient (Wildman–Crippen LogP) is 21.2. The first-order valence-electron chi connectivity index (χ1n) is 31.8. The lowest BCUT2D eigenvalue weighted by molar-refractivity contribution is 0.0861. The van der Waals surface area contributed by atoms with E-state index >= 15 is 0 Å². The first-order valence-corrected chi connectivity index (χ1v) is 32.6. The molecule has 3 aromatic carbocycles. The van der Waals surface area contributed by atoms with Gasteiger partial charge in [0.1, 0.15) is 0 Å². The van der Waals surface area contributed by atoms with Gasteiger partial charge < -0.3 is 20.1 Å². The highest BCUT2D eigenvalue weighted by Gasteiger charge is 2.50. The average molecular weight is 1140 g/mol. The number of para-hydroxylation sites is 2. The van der Waals surface area contributed by atoms with Gasteiger partial charge in [-0.3, -0.25) is 4.99 Å². The zero-order chi connectivity index (χ0) is 58.8. The molecule has 6 nitrogen and oxygen atoms in total. The van der Waals surface area contributed by atoms with Gasteiger partial charge in [0.2, 0.25) is 0 Å². The molecule has 0 amide bonds. The van der Waals surface area contributed by atoms with Crippen molar-refractivity contribution in [3.05, 3.63) is 136 Å². The standard InChI is InChI=1S/C27H22Cl2N4.C27H44O2.C19H40/c1-17(2)30-24-16-27-25(15-23(24)31-20-11-7-18(28)8-12-20)32-22-5-3-4-6-26(22)33(27)21-13-9-19(29)10-14-21;1-18(2)8-6-9-19(3)24-13-14-25-21(10-7-15-27(24,25)5)11-12-22-16-23(28)17-26(29)20(22)4;1-16(2)10-7-12-18(5)14-9-15-19(6)13-8-11-17(3)4/h3-17,31H,1-2H3;11-12,18-19,23-26,28-29H,4,6-10,13-17H2,1-3,5H3;16-19H,7-15H2,1-6H3/b30-24+;21-11+,22-12-;/t;19-,23-,24-,25+,26?,27-;/m.1./s1. The van der Waals surface area contributed by atoms with Crippen molar-refractivity contribution in [1.29, 1.82) is 0 Å². The fraction of sp³-hybridized carbons (Fsp3) is 0.589. The molecule has 8 rings (SSSR count). The number of hydrogen-bond acceptors (Lipinski definition) is 5. The van der Waals surface area contributed by atoms with Crippen LogP contribution in [0.1, 0.15) is 205 Å². The van der Waals surface area contributed by atoms with Crippen LogP contribution in [0.3, 0.4) is 0 Å². The molecule has 8 heteroatoms. The van der Waals surface area contributed by atoms with Gasteiger partial charge in [-0.1, -0.05) is 206 Å². The van der Waals surface area contributed by atoms with E-state index in [0.717, 1.165) is 97.4 Å². The Bertz CT molecular complexity index is 2790. The van der Waals surface area contributed by atoms with E-state index in [0.29, 0.717) is 34.2 Å². The van der Waals surface area contributed by atoms with Crippen molar-refractivity contribution in [2.75, 3.05) is 5.32 Å². The monoisotopic (exact) mass is 1140 g/mol. The number of hydrogen-bond donors (Lipinski definition) is 3. The van der Waals surface area contributed by atoms with Crippen molar-refractivity contribution in [2.45, 2.75) is 223 Å². The Kier molecular flexibility index (Phi) is 26.2. The van der Waals surface area contributed by atoms with Crippen LogP contribution in [0.5, 0.6) is 0 Å². The molecule has 3 aromatic rings. The molecule has 0 saturated heterocycles. The summed E-state index contributed by atoms with van der Waals surface area (Å²) in [5.74, 6) is 6.86. The molecule has 5 aliphatic rings. The summed E-state index contributed by atoms with van der Waals surface area (Å²) in [6.07, 6.45) is 28.1. The highest BCUT2D eigenvalue weighted by atomic mass is 35.5. The van der Waals surface area contributed by atoms with Crippen molar-refractivity contribution in [3.8, 4) is 17.1 Å². The number of allylic oxidation sites excluding steroid dienone is 3. The maximum Gasteiger partial charge on any atom is 0.0900 e. The van der Waals surface area contributed by atoms with Crippen LogP contribution >= 0.6 is 23.2 Å². The number of aromatic nitrogens is 2. The topological polar surface area (TPSA) is 82.7 Å². The van der Waals surface area contributed by atoms with E-state index in [1.54, 1.807) is 5.57 Å². The third kappa shape index (κ3) is 20.0. The number of rotatable bonds is 22. The van der Waals surface area contributed by atoms with E-state index < -0.39 is 12.2 Å². The fourth-order valence-corrected chi connectivity index (χ4v) is 13.7. The number of aliphatic hydroxyl groups is 2. The second-order valence-electron chi connectivity index (χ2n) is 26.9. The third-order valence-corrected chi connectivity index (χ3v) is 18.6. The summed E-state index contributed by atoms with van der Waals surface area (Å²) in [4.78, 5) is 9.87. The summed E-state index contributed by atoms with van der Waals surface area (Å²) in [5, 5.41) is 25.9. The highest BCUT2D eigenvalue weighted by Crippen LogP contribution is 2.60. The maximum atomic E-state index is 10.1. The van der Waals surface area contributed by atoms with Crippen molar-refractivity contribution in [3.63, 3.8) is 0 Å². The van der Waals surface area contributed by atoms with Gasteiger partial charge in [0.05, 0.1) is 45.7 Å². The first-order chi connectivity index (χ1) is 38.6. The van der Waals surface area contributed by atoms with Crippen LogP contribution in [-0.4, -0.2) is 38.0 Å². The Balaban J connectivity index is 0.000000204. The molecule has 0 aromatic heterocycles. The summed E-state index contributed by atoms with van der Waals surface area (Å²) in [5.41, 5.74) is 10.5. The molecule has 444 valence electrons. The minimum Gasteiger partial charge on any atom is -0.393 e. The van der Waals surface area contributed by atoms with E-state index in [1.165, 1.54) is 109 Å². The summed E-state index contributed by atoms with van der Waals surface area (Å²) in [6.45, 7) is 32.2. The van der Waals surface area contributed by atoms with Gasteiger partial charge in [-0.05, 0) is 189 Å². The van der Waals surface area contributed by atoms with E-state index in [2.05, 4.69) is 130 Å². The van der Waals surface area contributed by atoms with Gasteiger partial charge in [0.25, 0.3) is 0 Å². The number of anilines is 2. The first kappa shape index (κ1) is 65.9. The van der Waals surface area contributed by atoms with Gasteiger partial charge in [0.15, 0.2) is 0 Å². The van der Waals surface area contributed by atoms with E-state index in [1.807, 2.05) is 66.7 Å². The zero-order valence-corrected chi connectivity index (χ0v) is 53.7. The lowest BCUT2D eigenvalue weighted by Gasteiger charge is -2.44. The number of aliphatic hydroxyl groups excluding tert-OH is 2. The number of benzene rings is 4. The summed E-state index contributed by atoms with van der Waals surface area (Å²) in [6, 6.07) is 27.9. The Morgan fingerprint density at radius 3 is 1.88 bits per heavy atom. The lowest BCUT2D eigenvalue weighted by Crippen LogP contribution is -2.36. The number of halogens is 2. The molecule has 3 fully saturated rings. The van der Waals surface area contributed by atoms with Crippen molar-refractivity contribution in [2.24, 2.45) is 57.8 Å². The van der Waals surface area contributed by atoms with Gasteiger partial charge >= 0.3 is 0 Å². The van der Waals surface area contributed by atoms with Gasteiger partial charge in [0, 0.05) is 33.9 Å². The molecule has 81 heavy (non-hydrogen) atoms. The number of nitrogens with one attached hydrogen (secondary N) is 1. The van der Waals surface area contributed by atoms with Gasteiger partial charge in [-0.15, -0.1) is 0 Å². The molecular weight excluding hydrogens is 1040 g/mol. The van der Waals surface area contributed by atoms with Crippen molar-refractivity contribution in [1.82, 2.24) is 9.55 Å². The SMILES string of the molecule is C=C1/C(=C\C=C2/CCC[C@]3(C)[C@@H]([C@H](C)CCCC(C)C)CC[C@@H]23)C[C@@H](O)CC1O.CC(C)/N=c1\cc2n(-c3ccc(Cl)cc3)c3ccccc3nc-2cc1Nc1ccc(Cl)cc1.CC(C)CCCC(C)CCCC(C)CCCC(C)C. The Hall–Kier alpha value is -4.20. The molecule has 0 bridgehead atoms. The van der Waals surface area contributed by atoms with Crippen LogP contribution < -0.4 is 10.7 Å². The molecule has 8 atom stereocenters. The second kappa shape index (κ2) is 32.2. The molecule has 1 heterocycles. The normalized spacial score (nSPS) is 22.6. The summed E-state index contributed by atoms with van der Waals surface area (Å²) >= 11 is 12.2. The minimum atomic E-state index is -0.595. The Morgan fingerprint density at radius 2 is 1.28 bits per heavy atom. The largest absolute Gasteiger partial charge is 0.393 e. The summed E-state index contributed by atoms with van der Waals surface area (Å²) in [7, 11) is 0. The molecule has 0 radical (unpaired) electrons. The number of nitrogens with zero attached hydrogens (tertiary/aromatic N) is 3. The van der Waals surface area contributed by atoms with E-state index in [-0.39, 0.29) is 6.04 Å². The van der Waals surface area contributed by atoms with E-state index in [9.17, 15) is 10.2 Å². The molecule has 4 aliphatic carbocycles. The van der Waals surface area contributed by atoms with Gasteiger partial charge in [-0.2, -0.15) is 0 Å². The van der Waals surface area contributed by atoms with Crippen LogP contribution in [0.4, 0.5) is 11.4 Å². The average Bonchev–Trinajstić information content (AvgIpc) is 3.89. The zero-order valence-electron chi connectivity index (χ0n) is 52.2. The second-order valence-corrected chi connectivity index (χ2v) is 27.8. The van der Waals surface area contributed by atoms with E-state index in [4.69, 9.17) is 33.2 Å². The van der Waals surface area contributed by atoms with Crippen LogP contribution in [0.25, 0.3) is 28.1 Å². The minimum absolute atomic E-state index is 0.130. The predicted molar refractivity (Wildman–Crippen MR) is 350 cm³/mol. The van der Waals surface area contributed by atoms with Gasteiger partial charge in [-0.25, -0.2) is 4.98 Å². The molecular formula is C73H106Cl2N4O2. The van der Waals surface area contributed by atoms with Crippen LogP contribution in [-0.2, 0) is 0 Å². The molecule has 0 spiro atoms. The molecule has 3 saturated carbocycles. The molecule has 3 unspecified atom stereocenters. The third-order valence-electron chi connectivity index (χ3n) is 18.1. The highest BCUT2D eigenvalue weighted by molar-refractivity contribution is 6.30. The van der Waals surface area contributed by atoms with Crippen molar-refractivity contribution < 1.29 is 10.2 Å². The fourth-order valence-electron chi connectivity index (χ4n) is 13.5. The van der Waals surface area contributed by atoms with Crippen LogP contribution in [0.2, 0.25) is 10.0 Å². The maximum absolute atomic E-state index is 10.1. The quantitative estimate of drug-likeness (QED) is 0.0603. The smallest absolute Gasteiger partial charge is 0.0900 e. The molecule has 1 aliphatic heterocycles. The summed E-state index contributed by atoms with van der Waals surface area (Å²) < 4.78 is 2.21. The Morgan fingerprint density at radius 1 is 0.716 bits per heavy atom. The van der Waals surface area contributed by atoms with Crippen LogP contribution in [0.15, 0.2) is 125 Å². The van der Waals surface area contributed by atoms with Crippen molar-refractivity contribution >= 4 is 45.6 Å². The lowest BCUT2D eigenvalue weighted by atomic mass is 9.60. The Labute approximate surface area is 501 Å².